The van der Waals surface area contributed by atoms with Gasteiger partial charge in [0.25, 0.3) is 5.91 Å². The number of rotatable bonds is 4. The van der Waals surface area contributed by atoms with E-state index >= 15 is 0 Å². The number of halogens is 5. The van der Waals surface area contributed by atoms with Crippen molar-refractivity contribution in [2.45, 2.75) is 12.9 Å². The molecule has 0 aliphatic heterocycles. The predicted octanol–water partition coefficient (Wildman–Crippen LogP) is 4.76. The number of benzene rings is 2. The van der Waals surface area contributed by atoms with Gasteiger partial charge in [0, 0.05) is 23.6 Å². The molecule has 3 nitrogen and oxygen atoms in total. The quantitative estimate of drug-likeness (QED) is 0.686. The van der Waals surface area contributed by atoms with Crippen molar-refractivity contribution < 1.29 is 27.1 Å². The highest BCUT2D eigenvalue weighted by Crippen LogP contribution is 2.27. The number of hydrogen-bond donors (Lipinski definition) is 0. The van der Waals surface area contributed by atoms with Crippen LogP contribution in [0.1, 0.15) is 15.9 Å². The van der Waals surface area contributed by atoms with Gasteiger partial charge in [0.1, 0.15) is 11.6 Å². The Morgan fingerprint density at radius 1 is 1.21 bits per heavy atom. The summed E-state index contributed by atoms with van der Waals surface area (Å²) < 4.78 is 54.6. The van der Waals surface area contributed by atoms with Crippen LogP contribution in [0.4, 0.5) is 17.6 Å². The van der Waals surface area contributed by atoms with E-state index in [1.165, 1.54) is 36.2 Å². The molecular weight excluding hydrogens is 394 g/mol. The van der Waals surface area contributed by atoms with E-state index in [-0.39, 0.29) is 27.9 Å². The lowest BCUT2D eigenvalue weighted by molar-refractivity contribution is -0.274. The molecule has 0 bridgehead atoms. The van der Waals surface area contributed by atoms with Crippen molar-refractivity contribution >= 4 is 21.8 Å². The third kappa shape index (κ3) is 4.70. The molecule has 0 fully saturated rings. The van der Waals surface area contributed by atoms with Crippen LogP contribution in [0.2, 0.25) is 0 Å². The van der Waals surface area contributed by atoms with E-state index in [0.717, 1.165) is 12.1 Å². The number of para-hydroxylation sites is 1. The molecule has 2 aromatic rings. The van der Waals surface area contributed by atoms with Crippen molar-refractivity contribution in [2.75, 3.05) is 7.05 Å². The van der Waals surface area contributed by atoms with Crippen LogP contribution in [0, 0.1) is 5.82 Å². The maximum atomic E-state index is 13.1. The zero-order valence-electron chi connectivity index (χ0n) is 12.4. The lowest BCUT2D eigenvalue weighted by Crippen LogP contribution is -2.27. The number of alkyl halides is 3. The van der Waals surface area contributed by atoms with E-state index < -0.39 is 18.1 Å². The second-order valence-electron chi connectivity index (χ2n) is 4.94. The Hall–Kier alpha value is -2.09. The lowest BCUT2D eigenvalue weighted by atomic mass is 10.1. The van der Waals surface area contributed by atoms with Crippen LogP contribution in [0.15, 0.2) is 46.9 Å². The Bertz CT molecular complexity index is 749. The molecule has 0 aliphatic carbocycles. The summed E-state index contributed by atoms with van der Waals surface area (Å²) in [6.45, 7) is -0.102. The number of carbonyl (C=O) groups is 1. The van der Waals surface area contributed by atoms with E-state index in [9.17, 15) is 22.4 Å². The van der Waals surface area contributed by atoms with Gasteiger partial charge in [-0.05, 0) is 40.2 Å². The van der Waals surface area contributed by atoms with Crippen LogP contribution in [0.3, 0.4) is 0 Å². The zero-order chi connectivity index (χ0) is 17.9. The highest BCUT2D eigenvalue weighted by Gasteiger charge is 2.32. The maximum absolute atomic E-state index is 13.1. The van der Waals surface area contributed by atoms with Gasteiger partial charge >= 0.3 is 6.36 Å². The topological polar surface area (TPSA) is 29.5 Å². The van der Waals surface area contributed by atoms with Gasteiger partial charge in [0.2, 0.25) is 0 Å². The van der Waals surface area contributed by atoms with Gasteiger partial charge in [0.15, 0.2) is 0 Å². The Kier molecular flexibility index (Phi) is 5.48. The van der Waals surface area contributed by atoms with E-state index in [2.05, 4.69) is 20.7 Å². The molecule has 1 amide bonds. The largest absolute Gasteiger partial charge is 0.573 e. The van der Waals surface area contributed by atoms with Crippen LogP contribution in [0.25, 0.3) is 0 Å². The molecule has 2 aromatic carbocycles. The van der Waals surface area contributed by atoms with Crippen molar-refractivity contribution in [3.05, 3.63) is 63.9 Å². The van der Waals surface area contributed by atoms with Gasteiger partial charge in [-0.15, -0.1) is 13.2 Å². The van der Waals surface area contributed by atoms with Gasteiger partial charge < -0.3 is 9.64 Å². The first-order chi connectivity index (χ1) is 11.2. The summed E-state index contributed by atoms with van der Waals surface area (Å²) in [6.07, 6.45) is -4.82. The van der Waals surface area contributed by atoms with Gasteiger partial charge in [-0.25, -0.2) is 4.39 Å². The first kappa shape index (κ1) is 18.3. The highest BCUT2D eigenvalue weighted by atomic mass is 79.9. The molecule has 0 saturated carbocycles. The Labute approximate surface area is 144 Å². The molecule has 0 unspecified atom stereocenters. The molecule has 0 radical (unpaired) electrons. The minimum absolute atomic E-state index is 0.102. The molecule has 2 rings (SSSR count). The van der Waals surface area contributed by atoms with Crippen molar-refractivity contribution in [1.82, 2.24) is 4.90 Å². The average Bonchev–Trinajstić information content (AvgIpc) is 2.47. The summed E-state index contributed by atoms with van der Waals surface area (Å²) in [4.78, 5) is 13.6. The van der Waals surface area contributed by atoms with Crippen molar-refractivity contribution in [3.8, 4) is 5.75 Å². The predicted molar refractivity (Wildman–Crippen MR) is 83.0 cm³/mol. The Balaban J connectivity index is 2.20. The number of nitrogens with zero attached hydrogens (tertiary/aromatic N) is 1. The van der Waals surface area contributed by atoms with E-state index in [4.69, 9.17) is 0 Å². The second-order valence-corrected chi connectivity index (χ2v) is 5.80. The molecule has 0 aromatic heterocycles. The van der Waals surface area contributed by atoms with Gasteiger partial charge in [-0.3, -0.25) is 4.79 Å². The fourth-order valence-corrected chi connectivity index (χ4v) is 2.58. The Morgan fingerprint density at radius 3 is 2.50 bits per heavy atom. The monoisotopic (exact) mass is 405 g/mol. The molecule has 0 atom stereocenters. The fourth-order valence-electron chi connectivity index (χ4n) is 2.05. The minimum Gasteiger partial charge on any atom is -0.405 e. The standard InChI is InChI=1S/C16H12BrF4NO2/c1-22(15(23)12-7-6-11(18)8-13(12)17)9-10-4-2-3-5-14(10)24-16(19,20)21/h2-8H,9H2,1H3. The van der Waals surface area contributed by atoms with Crippen LogP contribution in [-0.4, -0.2) is 24.2 Å². The first-order valence-corrected chi connectivity index (χ1v) is 7.51. The summed E-state index contributed by atoms with van der Waals surface area (Å²) in [5, 5.41) is 0. The summed E-state index contributed by atoms with van der Waals surface area (Å²) in [5.74, 6) is -1.35. The number of ether oxygens (including phenoxy) is 1. The molecule has 0 heterocycles. The first-order valence-electron chi connectivity index (χ1n) is 6.71. The third-order valence-corrected chi connectivity index (χ3v) is 3.77. The highest BCUT2D eigenvalue weighted by molar-refractivity contribution is 9.10. The summed E-state index contributed by atoms with van der Waals surface area (Å²) >= 11 is 3.09. The average molecular weight is 406 g/mol. The number of amides is 1. The summed E-state index contributed by atoms with van der Waals surface area (Å²) in [6, 6.07) is 9.14. The second kappa shape index (κ2) is 7.21. The van der Waals surface area contributed by atoms with Crippen LogP contribution in [-0.2, 0) is 6.54 Å². The molecule has 0 spiro atoms. The zero-order valence-corrected chi connectivity index (χ0v) is 14.0. The van der Waals surface area contributed by atoms with E-state index in [1.54, 1.807) is 6.07 Å². The van der Waals surface area contributed by atoms with E-state index in [1.807, 2.05) is 0 Å². The number of carbonyl (C=O) groups excluding carboxylic acids is 1. The molecular formula is C16H12BrF4NO2. The van der Waals surface area contributed by atoms with Gasteiger partial charge in [-0.1, -0.05) is 18.2 Å². The molecule has 8 heteroatoms. The minimum atomic E-state index is -4.82. The summed E-state index contributed by atoms with van der Waals surface area (Å²) in [5.41, 5.74) is 0.400. The van der Waals surface area contributed by atoms with E-state index in [0.29, 0.717) is 0 Å². The molecule has 0 aliphatic rings. The van der Waals surface area contributed by atoms with Crippen LogP contribution < -0.4 is 4.74 Å². The van der Waals surface area contributed by atoms with Crippen LogP contribution >= 0.6 is 15.9 Å². The van der Waals surface area contributed by atoms with Crippen molar-refractivity contribution in [3.63, 3.8) is 0 Å². The van der Waals surface area contributed by atoms with Crippen LogP contribution in [0.5, 0.6) is 5.75 Å². The normalized spacial score (nSPS) is 11.2. The Morgan fingerprint density at radius 2 is 1.88 bits per heavy atom. The van der Waals surface area contributed by atoms with Crippen molar-refractivity contribution in [2.24, 2.45) is 0 Å². The fraction of sp³-hybridized carbons (Fsp3) is 0.188. The number of hydrogen-bond acceptors (Lipinski definition) is 2. The van der Waals surface area contributed by atoms with Gasteiger partial charge in [0.05, 0.1) is 5.56 Å². The molecule has 0 saturated heterocycles. The van der Waals surface area contributed by atoms with Crippen molar-refractivity contribution in [1.29, 1.82) is 0 Å². The van der Waals surface area contributed by atoms with Gasteiger partial charge in [-0.2, -0.15) is 0 Å². The molecule has 128 valence electrons. The summed E-state index contributed by atoms with van der Waals surface area (Å²) in [7, 11) is 1.43. The SMILES string of the molecule is CN(Cc1ccccc1OC(F)(F)F)C(=O)c1ccc(F)cc1Br. The third-order valence-electron chi connectivity index (χ3n) is 3.11. The lowest BCUT2D eigenvalue weighted by Gasteiger charge is -2.20. The maximum Gasteiger partial charge on any atom is 0.573 e. The molecule has 24 heavy (non-hydrogen) atoms. The smallest absolute Gasteiger partial charge is 0.405 e. The molecule has 0 N–H and O–H groups in total.